The molecule has 0 aromatic heterocycles. The van der Waals surface area contributed by atoms with Crippen LogP contribution in [0.5, 0.6) is 0 Å². The SMILES string of the molecule is O=P(O)(O)O.[AlH3].[Ba+2].[H-].[H-]. The molecule has 0 aliphatic carbocycles. The maximum Gasteiger partial charge on any atom is 2.00 e. The van der Waals surface area contributed by atoms with Gasteiger partial charge in [-0.1, -0.05) is 0 Å². The first-order chi connectivity index (χ1) is 2.00. The molecule has 0 spiro atoms. The Morgan fingerprint density at radius 2 is 1.29 bits per heavy atom. The molecule has 0 saturated heterocycles. The van der Waals surface area contributed by atoms with Gasteiger partial charge in [-0.3, -0.25) is 0 Å². The number of phosphoric acid groups is 1. The predicted octanol–water partition coefficient (Wildman–Crippen LogP) is -2.27. The maximum absolute atomic E-state index is 8.88. The second-order valence-electron chi connectivity index (χ2n) is 0.513. The quantitative estimate of drug-likeness (QED) is 0.342. The Labute approximate surface area is 94.7 Å². The van der Waals surface area contributed by atoms with Crippen molar-refractivity contribution in [3.05, 3.63) is 0 Å². The van der Waals surface area contributed by atoms with Crippen molar-refractivity contribution in [2.24, 2.45) is 0 Å². The van der Waals surface area contributed by atoms with E-state index in [1.165, 1.54) is 0 Å². The fraction of sp³-hybridized carbons (Fsp3) is 0. The monoisotopic (exact) mass is 268 g/mol. The fourth-order valence-corrected chi connectivity index (χ4v) is 0. The van der Waals surface area contributed by atoms with Crippen LogP contribution in [-0.2, 0) is 4.57 Å². The summed E-state index contributed by atoms with van der Waals surface area (Å²) in [6, 6.07) is 0. The molecule has 0 aliphatic rings. The van der Waals surface area contributed by atoms with E-state index in [4.69, 9.17) is 19.2 Å². The van der Waals surface area contributed by atoms with Crippen molar-refractivity contribution in [1.82, 2.24) is 0 Å². The molecule has 0 aromatic rings. The van der Waals surface area contributed by atoms with Crippen LogP contribution in [-0.4, -0.2) is 80.9 Å². The van der Waals surface area contributed by atoms with Gasteiger partial charge in [0.25, 0.3) is 0 Å². The summed E-state index contributed by atoms with van der Waals surface area (Å²) < 4.78 is 8.88. The largest absolute Gasteiger partial charge is 2.00 e. The van der Waals surface area contributed by atoms with E-state index in [-0.39, 0.29) is 69.1 Å². The van der Waals surface area contributed by atoms with E-state index in [1.807, 2.05) is 0 Å². The summed E-state index contributed by atoms with van der Waals surface area (Å²) in [7, 11) is -4.64. The van der Waals surface area contributed by atoms with Gasteiger partial charge < -0.3 is 17.5 Å². The topological polar surface area (TPSA) is 77.8 Å². The van der Waals surface area contributed by atoms with Gasteiger partial charge in [-0.15, -0.1) is 0 Å². The molecule has 0 saturated carbocycles. The zero-order valence-corrected chi connectivity index (χ0v) is 8.24. The summed E-state index contributed by atoms with van der Waals surface area (Å²) >= 11 is 0. The molecule has 0 rings (SSSR count). The number of rotatable bonds is 0. The molecule has 0 fully saturated rings. The minimum atomic E-state index is -4.64. The standard InChI is InChI=1S/Al.Ba.H3O4P.5H/c;;1-5(2,3)4;;;;;/h;;(H3,1,2,3,4);;;;;/q;+2;;;;;2*-1. The molecule has 7 heavy (non-hydrogen) atoms. The zero-order valence-electron chi connectivity index (χ0n) is 4.90. The Bertz CT molecular complexity index is 64.7. The van der Waals surface area contributed by atoms with Crippen molar-refractivity contribution >= 4 is 74.1 Å². The predicted molar refractivity (Wildman–Crippen MR) is 32.2 cm³/mol. The summed E-state index contributed by atoms with van der Waals surface area (Å²) in [5, 5.41) is 0. The first kappa shape index (κ1) is 16.1. The minimum absolute atomic E-state index is 0. The van der Waals surface area contributed by atoms with Gasteiger partial charge in [-0.25, -0.2) is 4.57 Å². The molecule has 0 aliphatic heterocycles. The van der Waals surface area contributed by atoms with Crippen molar-refractivity contribution in [1.29, 1.82) is 0 Å². The van der Waals surface area contributed by atoms with E-state index in [0.29, 0.717) is 0 Å². The van der Waals surface area contributed by atoms with E-state index < -0.39 is 7.82 Å². The molecule has 0 atom stereocenters. The van der Waals surface area contributed by atoms with E-state index in [1.54, 1.807) is 0 Å². The Balaban J connectivity index is -0.0000000133. The van der Waals surface area contributed by atoms with Crippen LogP contribution >= 0.6 is 7.82 Å². The van der Waals surface area contributed by atoms with Crippen LogP contribution in [0.3, 0.4) is 0 Å². The van der Waals surface area contributed by atoms with Crippen LogP contribution in [0, 0.1) is 0 Å². The third-order valence-corrected chi connectivity index (χ3v) is 0. The molecule has 0 amide bonds. The molecule has 0 radical (unpaired) electrons. The van der Waals surface area contributed by atoms with Crippen LogP contribution < -0.4 is 0 Å². The minimum Gasteiger partial charge on any atom is -1.00 e. The van der Waals surface area contributed by atoms with Gasteiger partial charge in [0, 0.05) is 0 Å². The van der Waals surface area contributed by atoms with Crippen LogP contribution in [0.1, 0.15) is 2.85 Å². The average molecular weight is 267 g/mol. The normalized spacial score (nSPS) is 8.43. The Morgan fingerprint density at radius 3 is 1.29 bits per heavy atom. The number of hydrogen-bond donors (Lipinski definition) is 3. The first-order valence-electron chi connectivity index (χ1n) is 0.783. The van der Waals surface area contributed by atoms with E-state index in [9.17, 15) is 0 Å². The molecule has 0 aromatic carbocycles. The third kappa shape index (κ3) is 64.7. The Kier molecular flexibility index (Phi) is 14.6. The van der Waals surface area contributed by atoms with Gasteiger partial charge in [0.05, 0.1) is 0 Å². The second-order valence-corrected chi connectivity index (χ2v) is 1.54. The summed E-state index contributed by atoms with van der Waals surface area (Å²) in [4.78, 5) is 21.6. The Morgan fingerprint density at radius 1 is 1.29 bits per heavy atom. The molecular formula is H8AlBaO4P. The zero-order chi connectivity index (χ0) is 4.50. The Hall–Kier alpha value is 2.21. The second kappa shape index (κ2) is 6.34. The van der Waals surface area contributed by atoms with Gasteiger partial charge in [0.1, 0.15) is 0 Å². The molecule has 0 unspecified atom stereocenters. The van der Waals surface area contributed by atoms with Crippen molar-refractivity contribution in [3.63, 3.8) is 0 Å². The molecule has 4 nitrogen and oxygen atoms in total. The van der Waals surface area contributed by atoms with Gasteiger partial charge in [-0.2, -0.15) is 0 Å². The van der Waals surface area contributed by atoms with Crippen molar-refractivity contribution in [2.45, 2.75) is 0 Å². The van der Waals surface area contributed by atoms with Crippen molar-refractivity contribution < 1.29 is 22.1 Å². The molecule has 0 bridgehead atoms. The van der Waals surface area contributed by atoms with Gasteiger partial charge >= 0.3 is 56.7 Å². The summed E-state index contributed by atoms with van der Waals surface area (Å²) in [5.74, 6) is 0. The summed E-state index contributed by atoms with van der Waals surface area (Å²) in [6.07, 6.45) is 0. The van der Waals surface area contributed by atoms with Gasteiger partial charge in [0.15, 0.2) is 17.4 Å². The molecule has 0 heterocycles. The molecule has 3 N–H and O–H groups in total. The third-order valence-electron chi connectivity index (χ3n) is 0. The van der Waals surface area contributed by atoms with Crippen molar-refractivity contribution in [2.75, 3.05) is 0 Å². The van der Waals surface area contributed by atoms with Crippen LogP contribution in [0.2, 0.25) is 0 Å². The van der Waals surface area contributed by atoms with Gasteiger partial charge in [-0.05, 0) is 0 Å². The number of hydrogen-bond acceptors (Lipinski definition) is 1. The smallest absolute Gasteiger partial charge is 1.00 e. The fourth-order valence-electron chi connectivity index (χ4n) is 0. The van der Waals surface area contributed by atoms with E-state index >= 15 is 0 Å². The van der Waals surface area contributed by atoms with Crippen LogP contribution in [0.25, 0.3) is 0 Å². The van der Waals surface area contributed by atoms with E-state index in [2.05, 4.69) is 0 Å². The average Bonchev–Trinajstić information content (AvgIpc) is 0.722. The maximum atomic E-state index is 8.88. The van der Waals surface area contributed by atoms with Crippen LogP contribution in [0.4, 0.5) is 0 Å². The molecular weight excluding hydrogens is 259 g/mol. The first-order valence-corrected chi connectivity index (χ1v) is 2.35. The molecule has 42 valence electrons. The van der Waals surface area contributed by atoms with E-state index in [0.717, 1.165) is 0 Å². The molecule has 7 heteroatoms. The van der Waals surface area contributed by atoms with Gasteiger partial charge in [0.2, 0.25) is 0 Å². The van der Waals surface area contributed by atoms with Crippen LogP contribution in [0.15, 0.2) is 0 Å². The summed E-state index contributed by atoms with van der Waals surface area (Å²) in [6.45, 7) is 0. The van der Waals surface area contributed by atoms with Crippen molar-refractivity contribution in [3.8, 4) is 0 Å². The summed E-state index contributed by atoms with van der Waals surface area (Å²) in [5.41, 5.74) is 0.